The molecule has 0 saturated heterocycles. The Morgan fingerprint density at radius 1 is 0.731 bits per heavy atom. The molecule has 0 spiro atoms. The molecule has 1 N–H and O–H groups in total. The van der Waals surface area contributed by atoms with Crippen LogP contribution in [0.15, 0.2) is 60.7 Å². The highest BCUT2D eigenvalue weighted by atomic mass is 16.3. The Bertz CT molecular complexity index is 590. The van der Waals surface area contributed by atoms with Crippen molar-refractivity contribution >= 4 is 0 Å². The minimum Gasteiger partial charge on any atom is -0.393 e. The molecule has 3 atom stereocenters. The maximum Gasteiger partial charge on any atom is 0.0583 e. The Labute approximate surface area is 160 Å². The lowest BCUT2D eigenvalue weighted by molar-refractivity contribution is 0.142. The number of hydrogen-bond donors (Lipinski definition) is 1. The third-order valence-corrected chi connectivity index (χ3v) is 5.54. The molecule has 0 aliphatic carbocycles. The fraction of sp³-hybridized carbons (Fsp3) is 0.520. The molecule has 1 nitrogen and oxygen atoms in total. The molecular weight excluding hydrogens is 316 g/mol. The summed E-state index contributed by atoms with van der Waals surface area (Å²) in [6, 6.07) is 21.2. The highest BCUT2D eigenvalue weighted by Gasteiger charge is 2.16. The van der Waals surface area contributed by atoms with Crippen molar-refractivity contribution in [1.82, 2.24) is 0 Å². The van der Waals surface area contributed by atoms with Gasteiger partial charge in [0.15, 0.2) is 0 Å². The van der Waals surface area contributed by atoms with Gasteiger partial charge in [-0.05, 0) is 54.6 Å². The van der Waals surface area contributed by atoms with E-state index in [1.54, 1.807) is 0 Å². The van der Waals surface area contributed by atoms with Gasteiger partial charge in [-0.3, -0.25) is 0 Å². The van der Waals surface area contributed by atoms with Gasteiger partial charge in [-0.15, -0.1) is 0 Å². The van der Waals surface area contributed by atoms with Crippen LogP contribution in [0.5, 0.6) is 0 Å². The molecule has 0 saturated carbocycles. The summed E-state index contributed by atoms with van der Waals surface area (Å²) in [5, 5.41) is 10.4. The van der Waals surface area contributed by atoms with Gasteiger partial charge < -0.3 is 5.11 Å². The van der Waals surface area contributed by atoms with Gasteiger partial charge in [0.25, 0.3) is 0 Å². The van der Waals surface area contributed by atoms with Crippen LogP contribution in [0.4, 0.5) is 0 Å². The zero-order chi connectivity index (χ0) is 18.8. The quantitative estimate of drug-likeness (QED) is 0.503. The minimum absolute atomic E-state index is 0.224. The maximum absolute atomic E-state index is 10.4. The molecule has 0 aliphatic rings. The fourth-order valence-corrected chi connectivity index (χ4v) is 3.87. The first kappa shape index (κ1) is 20.7. The summed E-state index contributed by atoms with van der Waals surface area (Å²) in [6.45, 7) is 6.98. The van der Waals surface area contributed by atoms with Crippen molar-refractivity contribution in [2.45, 2.75) is 65.4 Å². The Hall–Kier alpha value is -1.60. The van der Waals surface area contributed by atoms with Crippen LogP contribution in [0.3, 0.4) is 0 Å². The molecule has 0 unspecified atom stereocenters. The Morgan fingerprint density at radius 3 is 1.81 bits per heavy atom. The van der Waals surface area contributed by atoms with Crippen LogP contribution < -0.4 is 0 Å². The molecule has 2 aromatic carbocycles. The number of aliphatic hydroxyl groups is 1. The Balaban J connectivity index is 1.70. The Morgan fingerprint density at radius 2 is 1.27 bits per heavy atom. The van der Waals surface area contributed by atoms with E-state index < -0.39 is 0 Å². The molecule has 142 valence electrons. The standard InChI is InChI=1S/C25H36O/c1-20(2)24(18-22-12-6-4-7-13-22)16-10-11-21(3)17-25(26)19-23-14-8-5-9-15-23/h4-9,12-15,20-21,24-26H,10-11,16-19H2,1-3H3/t21-,24-,25+/m1/s1. The first-order valence-electron chi connectivity index (χ1n) is 10.3. The normalized spacial score (nSPS) is 15.0. The van der Waals surface area contributed by atoms with Gasteiger partial charge in [-0.25, -0.2) is 0 Å². The van der Waals surface area contributed by atoms with Gasteiger partial charge in [0.2, 0.25) is 0 Å². The zero-order valence-corrected chi connectivity index (χ0v) is 16.8. The van der Waals surface area contributed by atoms with Crippen LogP contribution in [-0.2, 0) is 12.8 Å². The van der Waals surface area contributed by atoms with Crippen molar-refractivity contribution in [2.75, 3.05) is 0 Å². The first-order valence-corrected chi connectivity index (χ1v) is 10.3. The minimum atomic E-state index is -0.224. The van der Waals surface area contributed by atoms with E-state index in [-0.39, 0.29) is 6.10 Å². The summed E-state index contributed by atoms with van der Waals surface area (Å²) >= 11 is 0. The van der Waals surface area contributed by atoms with Crippen molar-refractivity contribution in [3.8, 4) is 0 Å². The fourth-order valence-electron chi connectivity index (χ4n) is 3.87. The summed E-state index contributed by atoms with van der Waals surface area (Å²) in [5.74, 6) is 2.05. The van der Waals surface area contributed by atoms with Gasteiger partial charge in [0.05, 0.1) is 6.10 Å². The molecule has 0 fully saturated rings. The molecule has 0 aliphatic heterocycles. The van der Waals surface area contributed by atoms with Crippen LogP contribution in [0.25, 0.3) is 0 Å². The molecule has 0 amide bonds. The number of rotatable bonds is 11. The van der Waals surface area contributed by atoms with E-state index in [1.807, 2.05) is 18.2 Å². The lowest BCUT2D eigenvalue weighted by Gasteiger charge is -2.22. The lowest BCUT2D eigenvalue weighted by atomic mass is 9.84. The van der Waals surface area contributed by atoms with Gasteiger partial charge in [0.1, 0.15) is 0 Å². The third-order valence-electron chi connectivity index (χ3n) is 5.54. The van der Waals surface area contributed by atoms with Crippen molar-refractivity contribution in [3.63, 3.8) is 0 Å². The van der Waals surface area contributed by atoms with Crippen molar-refractivity contribution in [2.24, 2.45) is 17.8 Å². The molecule has 26 heavy (non-hydrogen) atoms. The molecule has 0 radical (unpaired) electrons. The van der Waals surface area contributed by atoms with Crippen LogP contribution in [0.1, 0.15) is 57.6 Å². The summed E-state index contributed by atoms with van der Waals surface area (Å²) in [4.78, 5) is 0. The highest BCUT2D eigenvalue weighted by Crippen LogP contribution is 2.25. The van der Waals surface area contributed by atoms with E-state index in [2.05, 4.69) is 63.2 Å². The second-order valence-corrected chi connectivity index (χ2v) is 8.31. The van der Waals surface area contributed by atoms with Crippen molar-refractivity contribution < 1.29 is 5.11 Å². The van der Waals surface area contributed by atoms with E-state index in [9.17, 15) is 5.11 Å². The predicted octanol–water partition coefficient (Wildman–Crippen LogP) is 6.30. The zero-order valence-electron chi connectivity index (χ0n) is 16.8. The second-order valence-electron chi connectivity index (χ2n) is 8.31. The largest absolute Gasteiger partial charge is 0.393 e. The third kappa shape index (κ3) is 7.74. The molecule has 0 bridgehead atoms. The SMILES string of the molecule is CC(C)[C@H](CCC[C@@H](C)C[C@H](O)Cc1ccccc1)Cc1ccccc1. The molecule has 1 heteroatoms. The average molecular weight is 353 g/mol. The summed E-state index contributed by atoms with van der Waals surface area (Å²) in [5.41, 5.74) is 2.69. The summed E-state index contributed by atoms with van der Waals surface area (Å²) in [7, 11) is 0. The van der Waals surface area contributed by atoms with Crippen LogP contribution in [0, 0.1) is 17.8 Å². The van der Waals surface area contributed by atoms with E-state index in [1.165, 1.54) is 36.8 Å². The average Bonchev–Trinajstić information content (AvgIpc) is 2.62. The molecule has 0 heterocycles. The van der Waals surface area contributed by atoms with Gasteiger partial charge in [0, 0.05) is 0 Å². The smallest absolute Gasteiger partial charge is 0.0583 e. The van der Waals surface area contributed by atoms with Crippen LogP contribution in [-0.4, -0.2) is 11.2 Å². The molecule has 0 aromatic heterocycles. The number of hydrogen-bond acceptors (Lipinski definition) is 1. The monoisotopic (exact) mass is 352 g/mol. The first-order chi connectivity index (χ1) is 12.5. The second kappa shape index (κ2) is 11.2. The molecule has 2 aromatic rings. The molecule has 2 rings (SSSR count). The summed E-state index contributed by atoms with van der Waals surface area (Å²) in [6.07, 6.45) is 6.39. The van der Waals surface area contributed by atoms with Gasteiger partial charge in [-0.1, -0.05) is 94.3 Å². The summed E-state index contributed by atoms with van der Waals surface area (Å²) < 4.78 is 0. The van der Waals surface area contributed by atoms with Crippen molar-refractivity contribution in [3.05, 3.63) is 71.8 Å². The number of benzene rings is 2. The molecular formula is C25H36O. The van der Waals surface area contributed by atoms with Gasteiger partial charge in [-0.2, -0.15) is 0 Å². The predicted molar refractivity (Wildman–Crippen MR) is 112 cm³/mol. The maximum atomic E-state index is 10.4. The van der Waals surface area contributed by atoms with Gasteiger partial charge >= 0.3 is 0 Å². The highest BCUT2D eigenvalue weighted by molar-refractivity contribution is 5.16. The van der Waals surface area contributed by atoms with E-state index >= 15 is 0 Å². The lowest BCUT2D eigenvalue weighted by Crippen LogP contribution is -2.16. The van der Waals surface area contributed by atoms with E-state index in [4.69, 9.17) is 0 Å². The number of aliphatic hydroxyl groups excluding tert-OH is 1. The van der Waals surface area contributed by atoms with Crippen LogP contribution >= 0.6 is 0 Å². The topological polar surface area (TPSA) is 20.2 Å². The Kier molecular flexibility index (Phi) is 8.91. The van der Waals surface area contributed by atoms with E-state index in [0.29, 0.717) is 11.8 Å². The van der Waals surface area contributed by atoms with Crippen molar-refractivity contribution in [1.29, 1.82) is 0 Å². The van der Waals surface area contributed by atoms with Crippen LogP contribution in [0.2, 0.25) is 0 Å². The van der Waals surface area contributed by atoms with E-state index in [0.717, 1.165) is 18.8 Å².